The third-order valence-electron chi connectivity index (χ3n) is 6.97. The van der Waals surface area contributed by atoms with Gasteiger partial charge in [0.15, 0.2) is 0 Å². The molecule has 2 saturated carbocycles. The first kappa shape index (κ1) is 19.9. The fourth-order valence-corrected chi connectivity index (χ4v) is 5.49. The zero-order chi connectivity index (χ0) is 17.4. The molecule has 0 aromatic carbocycles. The highest BCUT2D eigenvalue weighted by molar-refractivity contribution is 5.90. The highest BCUT2D eigenvalue weighted by Gasteiger charge is 2.42. The summed E-state index contributed by atoms with van der Waals surface area (Å²) in [5.74, 6) is 1.20. The maximum Gasteiger partial charge on any atom is 0.245 e. The predicted molar refractivity (Wildman–Crippen MR) is 101 cm³/mol. The van der Waals surface area contributed by atoms with E-state index in [2.05, 4.69) is 5.32 Å². The third-order valence-corrected chi connectivity index (χ3v) is 6.97. The van der Waals surface area contributed by atoms with E-state index in [9.17, 15) is 9.59 Å². The van der Waals surface area contributed by atoms with Crippen LogP contribution in [0.5, 0.6) is 0 Å². The Morgan fingerprint density at radius 1 is 1.08 bits per heavy atom. The number of rotatable bonds is 3. The van der Waals surface area contributed by atoms with E-state index in [1.54, 1.807) is 0 Å². The zero-order valence-electron chi connectivity index (χ0n) is 15.4. The van der Waals surface area contributed by atoms with E-state index < -0.39 is 0 Å². The minimum Gasteiger partial charge on any atom is -0.381 e. The number of fused-ring (bicyclic) bond motifs is 2. The molecule has 0 radical (unpaired) electrons. The van der Waals surface area contributed by atoms with Gasteiger partial charge in [0, 0.05) is 37.8 Å². The highest BCUT2D eigenvalue weighted by Crippen LogP contribution is 2.42. The van der Waals surface area contributed by atoms with Gasteiger partial charge in [0.1, 0.15) is 6.04 Å². The summed E-state index contributed by atoms with van der Waals surface area (Å²) in [7, 11) is 0. The van der Waals surface area contributed by atoms with Crippen LogP contribution in [0.2, 0.25) is 0 Å². The Balaban J connectivity index is 0.00000196. The predicted octanol–water partition coefficient (Wildman–Crippen LogP) is 1.46. The Labute approximate surface area is 162 Å². The molecule has 2 aliphatic heterocycles. The van der Waals surface area contributed by atoms with E-state index in [1.807, 2.05) is 4.90 Å². The smallest absolute Gasteiger partial charge is 0.245 e. The van der Waals surface area contributed by atoms with Crippen molar-refractivity contribution in [3.05, 3.63) is 0 Å². The van der Waals surface area contributed by atoms with Crippen molar-refractivity contribution in [1.29, 1.82) is 0 Å². The van der Waals surface area contributed by atoms with Gasteiger partial charge < -0.3 is 20.7 Å². The number of carbonyl (C=O) groups excluding carboxylic acids is 2. The molecule has 2 bridgehead atoms. The highest BCUT2D eigenvalue weighted by atomic mass is 35.5. The number of carbonyl (C=O) groups is 2. The Morgan fingerprint density at radius 3 is 2.38 bits per heavy atom. The molecule has 4 fully saturated rings. The average molecular weight is 386 g/mol. The number of nitrogens with one attached hydrogen (secondary N) is 1. The molecule has 6 nitrogen and oxygen atoms in total. The van der Waals surface area contributed by atoms with Crippen molar-refractivity contribution in [3.63, 3.8) is 0 Å². The number of ether oxygens (including phenoxy) is 1. The first-order valence-corrected chi connectivity index (χ1v) is 10.1. The maximum absolute atomic E-state index is 12.8. The zero-order valence-corrected chi connectivity index (χ0v) is 16.2. The lowest BCUT2D eigenvalue weighted by Gasteiger charge is -2.43. The molecule has 3 unspecified atom stereocenters. The van der Waals surface area contributed by atoms with Crippen LogP contribution in [0, 0.1) is 17.8 Å². The fraction of sp³-hybridized carbons (Fsp3) is 0.895. The molecule has 0 spiro atoms. The van der Waals surface area contributed by atoms with Crippen molar-refractivity contribution < 1.29 is 14.3 Å². The second-order valence-electron chi connectivity index (χ2n) is 8.42. The van der Waals surface area contributed by atoms with Crippen LogP contribution in [0.25, 0.3) is 0 Å². The molecule has 2 amide bonds. The number of nitrogens with two attached hydrogens (primary N) is 1. The lowest BCUT2D eigenvalue weighted by Crippen LogP contribution is -2.51. The van der Waals surface area contributed by atoms with Crippen LogP contribution in [0.1, 0.15) is 51.4 Å². The summed E-state index contributed by atoms with van der Waals surface area (Å²) >= 11 is 0. The number of amides is 2. The maximum atomic E-state index is 12.8. The van der Waals surface area contributed by atoms with Gasteiger partial charge in [0.05, 0.1) is 0 Å². The molecule has 0 aromatic rings. The Morgan fingerprint density at radius 2 is 1.73 bits per heavy atom. The molecule has 3 atom stereocenters. The number of hydrogen-bond acceptors (Lipinski definition) is 4. The van der Waals surface area contributed by atoms with Gasteiger partial charge in [0.2, 0.25) is 11.8 Å². The molecule has 4 rings (SSSR count). The van der Waals surface area contributed by atoms with Crippen LogP contribution in [0.3, 0.4) is 0 Å². The normalized spacial score (nSPS) is 38.0. The monoisotopic (exact) mass is 385 g/mol. The van der Waals surface area contributed by atoms with Gasteiger partial charge in [-0.1, -0.05) is 6.42 Å². The van der Waals surface area contributed by atoms with Gasteiger partial charge >= 0.3 is 0 Å². The van der Waals surface area contributed by atoms with E-state index >= 15 is 0 Å². The Hall–Kier alpha value is -0.850. The minimum absolute atomic E-state index is 0. The van der Waals surface area contributed by atoms with Crippen molar-refractivity contribution >= 4 is 24.2 Å². The van der Waals surface area contributed by atoms with Gasteiger partial charge in [0.25, 0.3) is 0 Å². The molecule has 26 heavy (non-hydrogen) atoms. The summed E-state index contributed by atoms with van der Waals surface area (Å²) in [5, 5.41) is 3.07. The average Bonchev–Trinajstić information content (AvgIpc) is 2.96. The topological polar surface area (TPSA) is 84.7 Å². The Bertz CT molecular complexity index is 512. The summed E-state index contributed by atoms with van der Waals surface area (Å²) < 4.78 is 5.39. The van der Waals surface area contributed by atoms with Crippen LogP contribution >= 0.6 is 12.4 Å². The van der Waals surface area contributed by atoms with Gasteiger partial charge in [-0.3, -0.25) is 9.59 Å². The van der Waals surface area contributed by atoms with Crippen LogP contribution in [-0.2, 0) is 14.3 Å². The van der Waals surface area contributed by atoms with Gasteiger partial charge in [-0.05, 0) is 56.8 Å². The molecule has 3 N–H and O–H groups in total. The fourth-order valence-electron chi connectivity index (χ4n) is 5.49. The van der Waals surface area contributed by atoms with Crippen LogP contribution in [-0.4, -0.2) is 54.6 Å². The molecule has 148 valence electrons. The molecular formula is C19H32ClN3O3. The summed E-state index contributed by atoms with van der Waals surface area (Å²) in [5.41, 5.74) is 6.33. The summed E-state index contributed by atoms with van der Waals surface area (Å²) in [4.78, 5) is 27.5. The number of halogens is 1. The Kier molecular flexibility index (Phi) is 6.46. The lowest BCUT2D eigenvalue weighted by molar-refractivity contribution is -0.137. The quantitative estimate of drug-likeness (QED) is 0.770. The van der Waals surface area contributed by atoms with Crippen molar-refractivity contribution in [2.45, 2.75) is 69.5 Å². The van der Waals surface area contributed by atoms with E-state index in [0.717, 1.165) is 64.7 Å². The van der Waals surface area contributed by atoms with Crippen LogP contribution in [0.15, 0.2) is 0 Å². The van der Waals surface area contributed by atoms with E-state index in [-0.39, 0.29) is 48.3 Å². The van der Waals surface area contributed by atoms with Crippen molar-refractivity contribution in [2.24, 2.45) is 23.5 Å². The molecule has 2 heterocycles. The standard InChI is InChI=1S/C19H31N3O3.ClH/c20-17-12-2-1-3-13(17)11-14(10-12)18(23)21-16-4-7-22(19(16)24)15-5-8-25-9-6-15;/h12-17H,1-11,20H2,(H,21,23);1H. The molecule has 7 heteroatoms. The SMILES string of the molecule is Cl.NC1C2CCCC1CC(C(=O)NC1CCN(C3CCOCC3)C1=O)C2. The summed E-state index contributed by atoms with van der Waals surface area (Å²) in [6, 6.07) is 0.232. The molecular weight excluding hydrogens is 354 g/mol. The molecule has 2 saturated heterocycles. The van der Waals surface area contributed by atoms with Crippen LogP contribution in [0.4, 0.5) is 0 Å². The minimum atomic E-state index is -0.328. The number of likely N-dealkylation sites (tertiary alicyclic amines) is 1. The first-order valence-electron chi connectivity index (χ1n) is 10.1. The van der Waals surface area contributed by atoms with Gasteiger partial charge in [-0.2, -0.15) is 0 Å². The van der Waals surface area contributed by atoms with Crippen molar-refractivity contribution in [3.8, 4) is 0 Å². The van der Waals surface area contributed by atoms with E-state index in [1.165, 1.54) is 6.42 Å². The first-order chi connectivity index (χ1) is 12.1. The van der Waals surface area contributed by atoms with Crippen LogP contribution < -0.4 is 11.1 Å². The van der Waals surface area contributed by atoms with E-state index in [0.29, 0.717) is 11.8 Å². The van der Waals surface area contributed by atoms with E-state index in [4.69, 9.17) is 10.5 Å². The largest absolute Gasteiger partial charge is 0.381 e. The third kappa shape index (κ3) is 3.87. The van der Waals surface area contributed by atoms with Gasteiger partial charge in [-0.15, -0.1) is 12.4 Å². The second-order valence-corrected chi connectivity index (χ2v) is 8.42. The summed E-state index contributed by atoms with van der Waals surface area (Å²) in [6.07, 6.45) is 7.91. The summed E-state index contributed by atoms with van der Waals surface area (Å²) in [6.45, 7) is 2.22. The molecule has 4 aliphatic rings. The van der Waals surface area contributed by atoms with Crippen molar-refractivity contribution in [2.75, 3.05) is 19.8 Å². The second kappa shape index (κ2) is 8.44. The van der Waals surface area contributed by atoms with Gasteiger partial charge in [-0.25, -0.2) is 0 Å². The molecule has 2 aliphatic carbocycles. The number of nitrogens with zero attached hydrogens (tertiary/aromatic N) is 1. The lowest BCUT2D eigenvalue weighted by atomic mass is 9.65. The van der Waals surface area contributed by atoms with Crippen molar-refractivity contribution in [1.82, 2.24) is 10.2 Å². The number of hydrogen-bond donors (Lipinski definition) is 2. The molecule has 0 aromatic heterocycles.